The lowest BCUT2D eigenvalue weighted by Crippen LogP contribution is -2.37. The smallest absolute Gasteiger partial charge is 0.243 e. The van der Waals surface area contributed by atoms with Crippen molar-refractivity contribution < 1.29 is 26.4 Å². The zero-order chi connectivity index (χ0) is 28.9. The van der Waals surface area contributed by atoms with Crippen LogP contribution in [0.2, 0.25) is 0 Å². The Morgan fingerprint density at radius 2 is 0.925 bits per heavy atom. The number of nitrogens with one attached hydrogen (secondary N) is 2. The summed E-state index contributed by atoms with van der Waals surface area (Å²) in [5.41, 5.74) is 0.883. The van der Waals surface area contributed by atoms with E-state index in [9.17, 15) is 26.4 Å². The van der Waals surface area contributed by atoms with Crippen molar-refractivity contribution >= 4 is 43.2 Å². The third-order valence-corrected chi connectivity index (χ3v) is 11.4. The zero-order valence-corrected chi connectivity index (χ0v) is 24.6. The number of benzene rings is 2. The van der Waals surface area contributed by atoms with E-state index in [1.54, 1.807) is 0 Å². The van der Waals surface area contributed by atoms with E-state index in [4.69, 9.17) is 0 Å². The molecule has 4 rings (SSSR count). The van der Waals surface area contributed by atoms with Crippen molar-refractivity contribution in [2.24, 2.45) is 11.8 Å². The fourth-order valence-electron chi connectivity index (χ4n) is 4.84. The average Bonchev–Trinajstić information content (AvgIpc) is 2.93. The van der Waals surface area contributed by atoms with Crippen LogP contribution in [-0.4, -0.2) is 63.4 Å². The van der Waals surface area contributed by atoms with Gasteiger partial charge in [-0.2, -0.15) is 8.61 Å². The minimum Gasteiger partial charge on any atom is -0.326 e. The number of carbonyl (C=O) groups is 2. The molecule has 2 amide bonds. The molecule has 0 bridgehead atoms. The molecule has 0 unspecified atom stereocenters. The van der Waals surface area contributed by atoms with Gasteiger partial charge in [-0.1, -0.05) is 13.8 Å². The molecule has 2 saturated heterocycles. The molecule has 2 aromatic carbocycles. The van der Waals surface area contributed by atoms with E-state index < -0.39 is 20.0 Å². The number of amides is 2. The van der Waals surface area contributed by atoms with Crippen LogP contribution in [0.25, 0.3) is 0 Å². The molecule has 2 aliphatic heterocycles. The Balaban J connectivity index is 1.24. The topological polar surface area (TPSA) is 133 Å². The Kier molecular flexibility index (Phi) is 9.65. The van der Waals surface area contributed by atoms with Crippen LogP contribution in [0.1, 0.15) is 52.4 Å². The third kappa shape index (κ3) is 7.48. The Labute approximate surface area is 237 Å². The molecule has 0 radical (unpaired) electrons. The van der Waals surface area contributed by atoms with Crippen molar-refractivity contribution in [2.45, 2.75) is 62.2 Å². The number of rotatable bonds is 9. The monoisotopic (exact) mass is 590 g/mol. The molecule has 0 atom stereocenters. The second-order valence-corrected chi connectivity index (χ2v) is 14.7. The van der Waals surface area contributed by atoms with Crippen molar-refractivity contribution in [1.82, 2.24) is 8.61 Å². The van der Waals surface area contributed by atoms with E-state index in [0.29, 0.717) is 49.4 Å². The van der Waals surface area contributed by atoms with Gasteiger partial charge in [0.1, 0.15) is 0 Å². The van der Waals surface area contributed by atoms with Gasteiger partial charge in [-0.15, -0.1) is 0 Å². The lowest BCUT2D eigenvalue weighted by atomic mass is 10.0. The van der Waals surface area contributed by atoms with Crippen LogP contribution in [0.4, 0.5) is 11.4 Å². The SMILES string of the molecule is CC1CCN(S(=O)(=O)c2ccc(NC(=O)CCC(=O)Nc3ccc(S(=O)(=O)N4CCC(C)CC4)cc3)cc2)CC1. The highest BCUT2D eigenvalue weighted by atomic mass is 32.2. The maximum atomic E-state index is 12.9. The first-order chi connectivity index (χ1) is 18.9. The highest BCUT2D eigenvalue weighted by molar-refractivity contribution is 7.89. The second-order valence-electron chi connectivity index (χ2n) is 10.8. The molecular formula is C28H38N4O6S2. The van der Waals surface area contributed by atoms with Crippen molar-refractivity contribution in [2.75, 3.05) is 36.8 Å². The number of anilines is 2. The van der Waals surface area contributed by atoms with Crippen molar-refractivity contribution in [3.05, 3.63) is 48.5 Å². The first-order valence-electron chi connectivity index (χ1n) is 13.8. The van der Waals surface area contributed by atoms with Crippen LogP contribution in [0.3, 0.4) is 0 Å². The summed E-state index contributed by atoms with van der Waals surface area (Å²) in [6.45, 7) is 6.26. The van der Waals surface area contributed by atoms with Gasteiger partial charge in [-0.25, -0.2) is 16.8 Å². The predicted molar refractivity (Wildman–Crippen MR) is 154 cm³/mol. The molecule has 10 nitrogen and oxygen atoms in total. The molecule has 12 heteroatoms. The van der Waals surface area contributed by atoms with Gasteiger partial charge in [0, 0.05) is 50.4 Å². The van der Waals surface area contributed by atoms with Gasteiger partial charge in [0.25, 0.3) is 0 Å². The normalized spacial score (nSPS) is 18.4. The van der Waals surface area contributed by atoms with E-state index in [-0.39, 0.29) is 34.4 Å². The maximum absolute atomic E-state index is 12.9. The fourth-order valence-corrected chi connectivity index (χ4v) is 7.78. The van der Waals surface area contributed by atoms with Gasteiger partial charge in [0.05, 0.1) is 9.79 Å². The van der Waals surface area contributed by atoms with E-state index in [1.807, 2.05) is 0 Å². The summed E-state index contributed by atoms with van der Waals surface area (Å²) >= 11 is 0. The molecule has 2 N–H and O–H groups in total. The molecule has 2 aromatic rings. The van der Waals surface area contributed by atoms with Gasteiger partial charge in [0.2, 0.25) is 31.9 Å². The van der Waals surface area contributed by atoms with E-state index in [2.05, 4.69) is 24.5 Å². The van der Waals surface area contributed by atoms with Crippen LogP contribution < -0.4 is 10.6 Å². The third-order valence-electron chi connectivity index (χ3n) is 7.62. The standard InChI is InChI=1S/C28H38N4O6S2/c1-21-13-17-31(18-14-21)39(35,36)25-7-3-23(4-8-25)29-27(33)11-12-28(34)30-24-5-9-26(10-6-24)40(37,38)32-19-15-22(2)16-20-32/h3-10,21-22H,11-20H2,1-2H3,(H,29,33)(H,30,34). The summed E-state index contributed by atoms with van der Waals surface area (Å²) in [6.07, 6.45) is 3.22. The summed E-state index contributed by atoms with van der Waals surface area (Å²) < 4.78 is 54.5. The number of hydrogen-bond acceptors (Lipinski definition) is 6. The summed E-state index contributed by atoms with van der Waals surface area (Å²) in [4.78, 5) is 25.1. The molecule has 0 saturated carbocycles. The van der Waals surface area contributed by atoms with Gasteiger partial charge < -0.3 is 10.6 Å². The first kappa shape index (κ1) is 30.2. The number of carbonyl (C=O) groups excluding carboxylic acids is 2. The predicted octanol–water partition coefficient (Wildman–Crippen LogP) is 3.89. The molecule has 2 aliphatic rings. The minimum absolute atomic E-state index is 0.0717. The van der Waals surface area contributed by atoms with Crippen LogP contribution in [0, 0.1) is 11.8 Å². The second kappa shape index (κ2) is 12.8. The molecule has 40 heavy (non-hydrogen) atoms. The molecule has 2 fully saturated rings. The summed E-state index contributed by atoms with van der Waals surface area (Å²) in [5.74, 6) is 0.272. The fraction of sp³-hybridized carbons (Fsp3) is 0.500. The molecule has 218 valence electrons. The molecule has 0 aliphatic carbocycles. The van der Waals surface area contributed by atoms with Crippen LogP contribution in [0.5, 0.6) is 0 Å². The summed E-state index contributed by atoms with van der Waals surface area (Å²) in [7, 11) is -7.14. The van der Waals surface area contributed by atoms with E-state index in [0.717, 1.165) is 25.7 Å². The first-order valence-corrected chi connectivity index (χ1v) is 16.6. The lowest BCUT2D eigenvalue weighted by molar-refractivity contribution is -0.121. The van der Waals surface area contributed by atoms with E-state index >= 15 is 0 Å². The number of piperidine rings is 2. The quantitative estimate of drug-likeness (QED) is 0.455. The minimum atomic E-state index is -3.57. The van der Waals surface area contributed by atoms with Gasteiger partial charge >= 0.3 is 0 Å². The van der Waals surface area contributed by atoms with Crippen molar-refractivity contribution in [3.63, 3.8) is 0 Å². The highest BCUT2D eigenvalue weighted by Gasteiger charge is 2.29. The van der Waals surface area contributed by atoms with Crippen molar-refractivity contribution in [3.8, 4) is 0 Å². The Hall–Kier alpha value is -2.80. The van der Waals surface area contributed by atoms with Crippen molar-refractivity contribution in [1.29, 1.82) is 0 Å². The zero-order valence-electron chi connectivity index (χ0n) is 23.0. The Morgan fingerprint density at radius 1 is 0.625 bits per heavy atom. The largest absolute Gasteiger partial charge is 0.326 e. The highest BCUT2D eigenvalue weighted by Crippen LogP contribution is 2.26. The van der Waals surface area contributed by atoms with Gasteiger partial charge in [0.15, 0.2) is 0 Å². The summed E-state index contributed by atoms with van der Waals surface area (Å²) in [5, 5.41) is 5.37. The molecule has 2 heterocycles. The van der Waals surface area contributed by atoms with Crippen LogP contribution in [-0.2, 0) is 29.6 Å². The molecule has 0 spiro atoms. The summed E-state index contributed by atoms with van der Waals surface area (Å²) in [6, 6.07) is 12.1. The maximum Gasteiger partial charge on any atom is 0.243 e. The lowest BCUT2D eigenvalue weighted by Gasteiger charge is -2.29. The van der Waals surface area contributed by atoms with Crippen LogP contribution >= 0.6 is 0 Å². The number of hydrogen-bond donors (Lipinski definition) is 2. The van der Waals surface area contributed by atoms with Gasteiger partial charge in [-0.05, 0) is 86.1 Å². The Bertz CT molecular complexity index is 1280. The van der Waals surface area contributed by atoms with Crippen LogP contribution in [0.15, 0.2) is 58.3 Å². The Morgan fingerprint density at radius 3 is 1.23 bits per heavy atom. The average molecular weight is 591 g/mol. The molecular weight excluding hydrogens is 552 g/mol. The molecule has 0 aromatic heterocycles. The van der Waals surface area contributed by atoms with E-state index in [1.165, 1.54) is 57.1 Å². The van der Waals surface area contributed by atoms with Gasteiger partial charge in [-0.3, -0.25) is 9.59 Å². The number of sulfonamides is 2. The number of nitrogens with zero attached hydrogens (tertiary/aromatic N) is 2.